The maximum absolute atomic E-state index is 10.6. The second-order valence-corrected chi connectivity index (χ2v) is 4.54. The third-order valence-electron chi connectivity index (χ3n) is 3.25. The summed E-state index contributed by atoms with van der Waals surface area (Å²) in [5.41, 5.74) is 0. The molecule has 0 aliphatic heterocycles. The second-order valence-electron chi connectivity index (χ2n) is 4.54. The number of allylic oxidation sites excluding steroid dienone is 2. The van der Waals surface area contributed by atoms with Gasteiger partial charge in [-0.15, -0.1) is 10.2 Å². The van der Waals surface area contributed by atoms with E-state index >= 15 is 0 Å². The zero-order chi connectivity index (χ0) is 13.1. The van der Waals surface area contributed by atoms with E-state index in [2.05, 4.69) is 22.3 Å². The maximum atomic E-state index is 10.6. The SMILES string of the molecule is Cc1nnc(C2CC=CC2)n1CCC(O)C(=O)O. The highest BCUT2D eigenvalue weighted by molar-refractivity contribution is 5.71. The van der Waals surface area contributed by atoms with Crippen LogP contribution < -0.4 is 0 Å². The largest absolute Gasteiger partial charge is 0.479 e. The Balaban J connectivity index is 2.07. The van der Waals surface area contributed by atoms with E-state index in [-0.39, 0.29) is 6.42 Å². The molecule has 1 aliphatic rings. The molecule has 2 rings (SSSR count). The molecule has 1 aliphatic carbocycles. The minimum atomic E-state index is -1.33. The Bertz CT molecular complexity index is 459. The van der Waals surface area contributed by atoms with Crippen molar-refractivity contribution in [3.05, 3.63) is 23.8 Å². The van der Waals surface area contributed by atoms with Gasteiger partial charge in [0.05, 0.1) is 0 Å². The molecule has 0 saturated heterocycles. The number of rotatable bonds is 5. The maximum Gasteiger partial charge on any atom is 0.332 e. The molecule has 0 fully saturated rings. The molecule has 1 aromatic heterocycles. The first-order valence-corrected chi connectivity index (χ1v) is 6.05. The van der Waals surface area contributed by atoms with Crippen LogP contribution in [0, 0.1) is 6.92 Å². The Labute approximate surface area is 105 Å². The predicted octanol–water partition coefficient (Wildman–Crippen LogP) is 0.856. The smallest absolute Gasteiger partial charge is 0.332 e. The van der Waals surface area contributed by atoms with Gasteiger partial charge in [0.2, 0.25) is 0 Å². The first-order valence-electron chi connectivity index (χ1n) is 6.05. The van der Waals surface area contributed by atoms with E-state index in [1.54, 1.807) is 0 Å². The molecule has 98 valence electrons. The van der Waals surface area contributed by atoms with E-state index in [1.807, 2.05) is 11.5 Å². The quantitative estimate of drug-likeness (QED) is 0.758. The Morgan fingerprint density at radius 1 is 1.50 bits per heavy atom. The van der Waals surface area contributed by atoms with E-state index in [1.165, 1.54) is 0 Å². The lowest BCUT2D eigenvalue weighted by Gasteiger charge is -2.13. The van der Waals surface area contributed by atoms with Crippen LogP contribution in [0.5, 0.6) is 0 Å². The number of aryl methyl sites for hydroxylation is 1. The van der Waals surface area contributed by atoms with Crippen LogP contribution in [-0.4, -0.2) is 37.1 Å². The summed E-state index contributed by atoms with van der Waals surface area (Å²) in [6.07, 6.45) is 4.96. The first kappa shape index (κ1) is 12.8. The summed E-state index contributed by atoms with van der Waals surface area (Å²) in [6, 6.07) is 0. The summed E-state index contributed by atoms with van der Waals surface area (Å²) in [5, 5.41) is 26.2. The number of carboxylic acid groups (broad SMARTS) is 1. The van der Waals surface area contributed by atoms with Crippen LogP contribution in [0.3, 0.4) is 0 Å². The van der Waals surface area contributed by atoms with Crippen molar-refractivity contribution in [1.82, 2.24) is 14.8 Å². The fourth-order valence-corrected chi connectivity index (χ4v) is 2.18. The Morgan fingerprint density at radius 2 is 2.17 bits per heavy atom. The number of carbonyl (C=O) groups is 1. The predicted molar refractivity (Wildman–Crippen MR) is 64.1 cm³/mol. The third-order valence-corrected chi connectivity index (χ3v) is 3.25. The normalized spacial score (nSPS) is 17.2. The van der Waals surface area contributed by atoms with E-state index in [9.17, 15) is 9.90 Å². The topological polar surface area (TPSA) is 88.2 Å². The summed E-state index contributed by atoms with van der Waals surface area (Å²) in [4.78, 5) is 10.6. The summed E-state index contributed by atoms with van der Waals surface area (Å²) in [7, 11) is 0. The number of aromatic nitrogens is 3. The van der Waals surface area contributed by atoms with Crippen molar-refractivity contribution < 1.29 is 15.0 Å². The zero-order valence-corrected chi connectivity index (χ0v) is 10.3. The van der Waals surface area contributed by atoms with E-state index in [0.717, 1.165) is 24.5 Å². The van der Waals surface area contributed by atoms with Crippen LogP contribution in [0.1, 0.15) is 36.8 Å². The van der Waals surface area contributed by atoms with Crippen molar-refractivity contribution in [2.45, 2.75) is 44.8 Å². The molecule has 0 radical (unpaired) electrons. The Kier molecular flexibility index (Phi) is 3.76. The van der Waals surface area contributed by atoms with Crippen molar-refractivity contribution in [1.29, 1.82) is 0 Å². The van der Waals surface area contributed by atoms with E-state index < -0.39 is 12.1 Å². The molecule has 18 heavy (non-hydrogen) atoms. The summed E-state index contributed by atoms with van der Waals surface area (Å²) in [5.74, 6) is 0.780. The van der Waals surface area contributed by atoms with Crippen molar-refractivity contribution in [3.8, 4) is 0 Å². The van der Waals surface area contributed by atoms with Crippen LogP contribution >= 0.6 is 0 Å². The monoisotopic (exact) mass is 251 g/mol. The van der Waals surface area contributed by atoms with Crippen molar-refractivity contribution in [2.75, 3.05) is 0 Å². The van der Waals surface area contributed by atoms with Crippen LogP contribution in [-0.2, 0) is 11.3 Å². The number of hydrogen-bond acceptors (Lipinski definition) is 4. The van der Waals surface area contributed by atoms with E-state index in [0.29, 0.717) is 12.5 Å². The van der Waals surface area contributed by atoms with Gasteiger partial charge in [0.1, 0.15) is 11.6 Å². The van der Waals surface area contributed by atoms with Gasteiger partial charge in [0.15, 0.2) is 6.10 Å². The fourth-order valence-electron chi connectivity index (χ4n) is 2.18. The van der Waals surface area contributed by atoms with Gasteiger partial charge in [-0.05, 0) is 19.8 Å². The number of nitrogens with zero attached hydrogens (tertiary/aromatic N) is 3. The number of aliphatic hydroxyl groups is 1. The van der Waals surface area contributed by atoms with Gasteiger partial charge < -0.3 is 14.8 Å². The first-order chi connectivity index (χ1) is 8.59. The molecule has 2 N–H and O–H groups in total. The van der Waals surface area contributed by atoms with E-state index in [4.69, 9.17) is 5.11 Å². The van der Waals surface area contributed by atoms with Gasteiger partial charge in [-0.25, -0.2) is 4.79 Å². The van der Waals surface area contributed by atoms with Gasteiger partial charge >= 0.3 is 5.97 Å². The minimum absolute atomic E-state index is 0.168. The number of aliphatic carboxylic acids is 1. The highest BCUT2D eigenvalue weighted by atomic mass is 16.4. The van der Waals surface area contributed by atoms with Gasteiger partial charge in [0, 0.05) is 18.9 Å². The molecule has 0 bridgehead atoms. The number of hydrogen-bond donors (Lipinski definition) is 2. The van der Waals surface area contributed by atoms with Crippen LogP contribution in [0.15, 0.2) is 12.2 Å². The lowest BCUT2D eigenvalue weighted by Crippen LogP contribution is -2.22. The van der Waals surface area contributed by atoms with Crippen LogP contribution in [0.2, 0.25) is 0 Å². The summed E-state index contributed by atoms with van der Waals surface area (Å²) >= 11 is 0. The van der Waals surface area contributed by atoms with Gasteiger partial charge in [0.25, 0.3) is 0 Å². The van der Waals surface area contributed by atoms with Crippen LogP contribution in [0.25, 0.3) is 0 Å². The summed E-state index contributed by atoms with van der Waals surface area (Å²) in [6.45, 7) is 2.27. The molecular formula is C12H17N3O3. The molecule has 0 amide bonds. The summed E-state index contributed by atoms with van der Waals surface area (Å²) < 4.78 is 1.91. The molecular weight excluding hydrogens is 234 g/mol. The second kappa shape index (κ2) is 5.30. The van der Waals surface area contributed by atoms with Crippen molar-refractivity contribution >= 4 is 5.97 Å². The Morgan fingerprint density at radius 3 is 2.78 bits per heavy atom. The van der Waals surface area contributed by atoms with Crippen molar-refractivity contribution in [3.63, 3.8) is 0 Å². The van der Waals surface area contributed by atoms with Gasteiger partial charge in [-0.2, -0.15) is 0 Å². The van der Waals surface area contributed by atoms with Gasteiger partial charge in [-0.3, -0.25) is 0 Å². The molecule has 1 unspecified atom stereocenters. The fraction of sp³-hybridized carbons (Fsp3) is 0.583. The lowest BCUT2D eigenvalue weighted by atomic mass is 10.1. The third kappa shape index (κ3) is 2.59. The molecule has 1 atom stereocenters. The highest BCUT2D eigenvalue weighted by Crippen LogP contribution is 2.28. The van der Waals surface area contributed by atoms with Gasteiger partial charge in [-0.1, -0.05) is 12.2 Å². The average Bonchev–Trinajstić information content (AvgIpc) is 2.95. The highest BCUT2D eigenvalue weighted by Gasteiger charge is 2.22. The molecule has 6 nitrogen and oxygen atoms in total. The molecule has 1 aromatic rings. The zero-order valence-electron chi connectivity index (χ0n) is 10.3. The molecule has 0 aromatic carbocycles. The molecule has 1 heterocycles. The number of aliphatic hydroxyl groups excluding tert-OH is 1. The Hall–Kier alpha value is -1.69. The molecule has 0 saturated carbocycles. The number of carboxylic acids is 1. The standard InChI is InChI=1S/C12H17N3O3/c1-8-13-14-11(9-4-2-3-5-9)15(8)7-6-10(16)12(17)18/h2-3,9-10,16H,4-7H2,1H3,(H,17,18). The molecule has 6 heteroatoms. The van der Waals surface area contributed by atoms with Crippen LogP contribution in [0.4, 0.5) is 0 Å². The van der Waals surface area contributed by atoms with Crippen molar-refractivity contribution in [2.24, 2.45) is 0 Å². The lowest BCUT2D eigenvalue weighted by molar-refractivity contribution is -0.147. The molecule has 0 spiro atoms. The average molecular weight is 251 g/mol. The minimum Gasteiger partial charge on any atom is -0.479 e.